The van der Waals surface area contributed by atoms with E-state index in [1.165, 1.54) is 5.56 Å². The van der Waals surface area contributed by atoms with Crippen LogP contribution >= 0.6 is 0 Å². The van der Waals surface area contributed by atoms with Gasteiger partial charge in [-0.25, -0.2) is 4.68 Å². The number of para-hydroxylation sites is 1. The van der Waals surface area contributed by atoms with Crippen molar-refractivity contribution in [1.29, 1.82) is 0 Å². The largest absolute Gasteiger partial charge is 0.497 e. The molecule has 28 heavy (non-hydrogen) atoms. The molecule has 0 saturated heterocycles. The summed E-state index contributed by atoms with van der Waals surface area (Å²) in [6, 6.07) is 19.8. The second-order valence-corrected chi connectivity index (χ2v) is 6.91. The van der Waals surface area contributed by atoms with Crippen molar-refractivity contribution in [3.8, 4) is 11.4 Å². The zero-order chi connectivity index (χ0) is 20.1. The van der Waals surface area contributed by atoms with Crippen LogP contribution in [0.25, 0.3) is 5.69 Å². The van der Waals surface area contributed by atoms with E-state index in [4.69, 9.17) is 4.74 Å². The van der Waals surface area contributed by atoms with Gasteiger partial charge in [0.25, 0.3) is 5.91 Å². The summed E-state index contributed by atoms with van der Waals surface area (Å²) in [5.74, 6) is 0.794. The molecule has 0 saturated carbocycles. The molecule has 0 aliphatic rings. The van der Waals surface area contributed by atoms with Gasteiger partial charge < -0.3 is 9.64 Å². The lowest BCUT2D eigenvalue weighted by Gasteiger charge is -2.27. The SMILES string of the molecule is CCN(C(=O)c1cc(C)n(-c2ccccc2)n1)C(C)Cc1ccc(OC)cc1. The van der Waals surface area contributed by atoms with E-state index >= 15 is 0 Å². The molecule has 1 amide bonds. The lowest BCUT2D eigenvalue weighted by atomic mass is 10.1. The highest BCUT2D eigenvalue weighted by Crippen LogP contribution is 2.17. The average Bonchev–Trinajstić information content (AvgIpc) is 3.11. The Kier molecular flexibility index (Phi) is 6.14. The number of methoxy groups -OCH3 is 1. The maximum absolute atomic E-state index is 13.1. The third kappa shape index (κ3) is 4.25. The van der Waals surface area contributed by atoms with Gasteiger partial charge in [-0.3, -0.25) is 4.79 Å². The second-order valence-electron chi connectivity index (χ2n) is 6.91. The minimum absolute atomic E-state index is 0.0405. The van der Waals surface area contributed by atoms with E-state index in [0.29, 0.717) is 12.2 Å². The topological polar surface area (TPSA) is 47.4 Å². The van der Waals surface area contributed by atoms with Gasteiger partial charge in [0, 0.05) is 18.3 Å². The summed E-state index contributed by atoms with van der Waals surface area (Å²) in [4.78, 5) is 15.0. The van der Waals surface area contributed by atoms with Gasteiger partial charge in [0.2, 0.25) is 0 Å². The molecule has 0 aliphatic carbocycles. The highest BCUT2D eigenvalue weighted by atomic mass is 16.5. The van der Waals surface area contributed by atoms with Crippen LogP contribution in [0.1, 0.15) is 35.6 Å². The van der Waals surface area contributed by atoms with Crippen LogP contribution in [-0.4, -0.2) is 40.3 Å². The molecule has 5 nitrogen and oxygen atoms in total. The van der Waals surface area contributed by atoms with Crippen molar-refractivity contribution in [3.05, 3.63) is 77.6 Å². The number of rotatable bonds is 7. The van der Waals surface area contributed by atoms with E-state index in [2.05, 4.69) is 12.0 Å². The summed E-state index contributed by atoms with van der Waals surface area (Å²) in [6.07, 6.45) is 0.780. The summed E-state index contributed by atoms with van der Waals surface area (Å²) in [5, 5.41) is 4.57. The molecule has 5 heteroatoms. The molecule has 3 aromatic rings. The Labute approximate surface area is 166 Å². The van der Waals surface area contributed by atoms with Crippen molar-refractivity contribution in [3.63, 3.8) is 0 Å². The van der Waals surface area contributed by atoms with Crippen LogP contribution in [0.2, 0.25) is 0 Å². The number of carbonyl (C=O) groups excluding carboxylic acids is 1. The van der Waals surface area contributed by atoms with E-state index in [-0.39, 0.29) is 11.9 Å². The number of aromatic nitrogens is 2. The highest BCUT2D eigenvalue weighted by molar-refractivity contribution is 5.92. The normalized spacial score (nSPS) is 11.9. The number of likely N-dealkylation sites (N-methyl/N-ethyl adjacent to an activating group) is 1. The van der Waals surface area contributed by atoms with E-state index in [1.807, 2.05) is 84.1 Å². The quantitative estimate of drug-likeness (QED) is 0.617. The third-order valence-corrected chi connectivity index (χ3v) is 4.93. The number of amides is 1. The molecule has 0 spiro atoms. The number of benzene rings is 2. The van der Waals surface area contributed by atoms with Gasteiger partial charge in [-0.15, -0.1) is 0 Å². The molecule has 1 atom stereocenters. The lowest BCUT2D eigenvalue weighted by molar-refractivity contribution is 0.0697. The molecule has 146 valence electrons. The number of hydrogen-bond acceptors (Lipinski definition) is 3. The average molecular weight is 377 g/mol. The van der Waals surface area contributed by atoms with E-state index in [1.54, 1.807) is 7.11 Å². The number of aryl methyl sites for hydroxylation is 1. The maximum atomic E-state index is 13.1. The van der Waals surface area contributed by atoms with Gasteiger partial charge >= 0.3 is 0 Å². The molecule has 1 unspecified atom stereocenters. The zero-order valence-corrected chi connectivity index (χ0v) is 16.9. The Morgan fingerprint density at radius 2 is 1.82 bits per heavy atom. The van der Waals surface area contributed by atoms with Crippen LogP contribution in [-0.2, 0) is 6.42 Å². The Morgan fingerprint density at radius 1 is 1.14 bits per heavy atom. The van der Waals surface area contributed by atoms with E-state index < -0.39 is 0 Å². The predicted octanol–water partition coefficient (Wildman–Crippen LogP) is 4.28. The van der Waals surface area contributed by atoms with Crippen LogP contribution in [0.3, 0.4) is 0 Å². The molecule has 0 radical (unpaired) electrons. The highest BCUT2D eigenvalue weighted by Gasteiger charge is 2.23. The van der Waals surface area contributed by atoms with Crippen molar-refractivity contribution in [2.24, 2.45) is 0 Å². The summed E-state index contributed by atoms with van der Waals surface area (Å²) in [5.41, 5.74) is 3.54. The fourth-order valence-electron chi connectivity index (χ4n) is 3.43. The van der Waals surface area contributed by atoms with Crippen LogP contribution in [0.4, 0.5) is 0 Å². The number of carbonyl (C=O) groups is 1. The van der Waals surface area contributed by atoms with E-state index in [0.717, 1.165) is 23.6 Å². The van der Waals surface area contributed by atoms with Crippen LogP contribution in [0.15, 0.2) is 60.7 Å². The third-order valence-electron chi connectivity index (χ3n) is 4.93. The summed E-state index contributed by atoms with van der Waals surface area (Å²) < 4.78 is 7.03. The smallest absolute Gasteiger partial charge is 0.274 e. The first-order valence-electron chi connectivity index (χ1n) is 9.59. The molecule has 1 aromatic heterocycles. The Morgan fingerprint density at radius 3 is 2.43 bits per heavy atom. The molecule has 0 fully saturated rings. The Balaban J connectivity index is 1.77. The predicted molar refractivity (Wildman–Crippen MR) is 111 cm³/mol. The molecule has 3 rings (SSSR count). The van der Waals surface area contributed by atoms with Gasteiger partial charge in [0.05, 0.1) is 12.8 Å². The first-order valence-corrected chi connectivity index (χ1v) is 9.59. The fraction of sp³-hybridized carbons (Fsp3) is 0.304. The molecule has 0 aliphatic heterocycles. The molecule has 0 bridgehead atoms. The zero-order valence-electron chi connectivity index (χ0n) is 16.9. The molecular weight excluding hydrogens is 350 g/mol. The Hall–Kier alpha value is -3.08. The van der Waals surface area contributed by atoms with Gasteiger partial charge in [-0.2, -0.15) is 5.10 Å². The first kappa shape index (κ1) is 19.7. The van der Waals surface area contributed by atoms with Gasteiger partial charge in [-0.05, 0) is 63.1 Å². The minimum Gasteiger partial charge on any atom is -0.497 e. The van der Waals surface area contributed by atoms with Crippen LogP contribution < -0.4 is 4.74 Å². The molecule has 0 N–H and O–H groups in total. The van der Waals surface area contributed by atoms with Gasteiger partial charge in [0.15, 0.2) is 5.69 Å². The molecule has 2 aromatic carbocycles. The monoisotopic (exact) mass is 377 g/mol. The lowest BCUT2D eigenvalue weighted by Crippen LogP contribution is -2.40. The van der Waals surface area contributed by atoms with Crippen molar-refractivity contribution in [1.82, 2.24) is 14.7 Å². The van der Waals surface area contributed by atoms with E-state index in [9.17, 15) is 4.79 Å². The van der Waals surface area contributed by atoms with Crippen LogP contribution in [0.5, 0.6) is 5.75 Å². The number of ether oxygens (including phenoxy) is 1. The first-order chi connectivity index (χ1) is 13.5. The fourth-order valence-corrected chi connectivity index (χ4v) is 3.43. The maximum Gasteiger partial charge on any atom is 0.274 e. The number of nitrogens with zero attached hydrogens (tertiary/aromatic N) is 3. The molecule has 1 heterocycles. The summed E-state index contributed by atoms with van der Waals surface area (Å²) >= 11 is 0. The number of hydrogen-bond donors (Lipinski definition) is 0. The van der Waals surface area contributed by atoms with Crippen molar-refractivity contribution in [2.45, 2.75) is 33.2 Å². The van der Waals surface area contributed by atoms with Crippen molar-refractivity contribution in [2.75, 3.05) is 13.7 Å². The van der Waals surface area contributed by atoms with Crippen molar-refractivity contribution < 1.29 is 9.53 Å². The Bertz CT molecular complexity index is 917. The molecular formula is C23H27N3O2. The van der Waals surface area contributed by atoms with Crippen LogP contribution in [0, 0.1) is 6.92 Å². The minimum atomic E-state index is -0.0405. The van der Waals surface area contributed by atoms with Gasteiger partial charge in [0.1, 0.15) is 5.75 Å². The van der Waals surface area contributed by atoms with Gasteiger partial charge in [-0.1, -0.05) is 30.3 Å². The summed E-state index contributed by atoms with van der Waals surface area (Å²) in [7, 11) is 1.66. The summed E-state index contributed by atoms with van der Waals surface area (Å²) in [6.45, 7) is 6.68. The second kappa shape index (κ2) is 8.74. The standard InChI is InChI=1S/C23H27N3O2/c1-5-25(17(2)15-19-11-13-21(28-4)14-12-19)23(27)22-16-18(3)26(24-22)20-9-7-6-8-10-20/h6-14,16-17H,5,15H2,1-4H3. The van der Waals surface area contributed by atoms with Crippen molar-refractivity contribution >= 4 is 5.91 Å².